The predicted octanol–water partition coefficient (Wildman–Crippen LogP) is 5.49. The smallest absolute Gasteiger partial charge is 0.330 e. The van der Waals surface area contributed by atoms with Gasteiger partial charge in [-0.2, -0.15) is 0 Å². The molecule has 1 aromatic heterocycles. The van der Waals surface area contributed by atoms with Crippen LogP contribution < -0.4 is 24.3 Å². The lowest BCUT2D eigenvalue weighted by Crippen LogP contribution is -2.15. The average molecular weight is 573 g/mol. The van der Waals surface area contributed by atoms with Gasteiger partial charge in [-0.25, -0.2) is 14.8 Å². The van der Waals surface area contributed by atoms with Gasteiger partial charge < -0.3 is 33.9 Å². The van der Waals surface area contributed by atoms with Crippen LogP contribution in [-0.4, -0.2) is 69.4 Å². The van der Waals surface area contributed by atoms with E-state index < -0.39 is 5.97 Å². The van der Waals surface area contributed by atoms with Crippen molar-refractivity contribution in [1.29, 1.82) is 0 Å². The third-order valence-electron chi connectivity index (χ3n) is 6.35. The van der Waals surface area contributed by atoms with Gasteiger partial charge >= 0.3 is 5.97 Å². The van der Waals surface area contributed by atoms with E-state index in [0.717, 1.165) is 23.9 Å². The first-order chi connectivity index (χ1) is 20.4. The maximum Gasteiger partial charge on any atom is 0.330 e. The molecule has 0 saturated heterocycles. The molecule has 0 saturated carbocycles. The number of carbonyl (C=O) groups excluding carboxylic acids is 1. The zero-order chi connectivity index (χ0) is 29.9. The van der Waals surface area contributed by atoms with Crippen LogP contribution in [0.2, 0.25) is 0 Å². The van der Waals surface area contributed by atoms with Gasteiger partial charge in [-0.15, -0.1) is 0 Å². The van der Waals surface area contributed by atoms with Crippen molar-refractivity contribution in [2.75, 3.05) is 53.9 Å². The molecule has 0 bridgehead atoms. The fourth-order valence-electron chi connectivity index (χ4n) is 4.18. The first kappa shape index (κ1) is 30.1. The lowest BCUT2D eigenvalue weighted by Gasteiger charge is -2.17. The maximum absolute atomic E-state index is 11.9. The zero-order valence-electron chi connectivity index (χ0n) is 24.5. The van der Waals surface area contributed by atoms with E-state index in [0.29, 0.717) is 58.8 Å². The van der Waals surface area contributed by atoms with Gasteiger partial charge in [-0.05, 0) is 44.3 Å². The summed E-state index contributed by atoms with van der Waals surface area (Å²) in [4.78, 5) is 23.0. The SMILES string of the molecule is COC(=O)/C=C/c1cc(OC)c(OCc2ccccc2)cc1Nc1ncnc2cc(OC)c(OCCCN(C)C)cc12. The number of hydrogen-bond donors (Lipinski definition) is 1. The number of anilines is 2. The van der Waals surface area contributed by atoms with Crippen LogP contribution in [0.25, 0.3) is 17.0 Å². The molecular weight excluding hydrogens is 536 g/mol. The molecule has 4 rings (SSSR count). The Labute approximate surface area is 245 Å². The number of carbonyl (C=O) groups is 1. The Morgan fingerprint density at radius 3 is 2.36 bits per heavy atom. The molecule has 0 spiro atoms. The number of methoxy groups -OCH3 is 3. The molecule has 10 nitrogen and oxygen atoms in total. The highest BCUT2D eigenvalue weighted by Gasteiger charge is 2.16. The summed E-state index contributed by atoms with van der Waals surface area (Å²) in [5, 5.41) is 4.13. The average Bonchev–Trinajstić information content (AvgIpc) is 3.01. The Balaban J connectivity index is 1.72. The number of ether oxygens (including phenoxy) is 5. The van der Waals surface area contributed by atoms with E-state index in [1.165, 1.54) is 19.5 Å². The number of rotatable bonds is 14. The minimum atomic E-state index is -0.486. The topological polar surface area (TPSA) is 104 Å². The Hall–Kier alpha value is -4.83. The molecule has 4 aromatic rings. The molecular formula is C32H36N4O6. The lowest BCUT2D eigenvalue weighted by atomic mass is 10.1. The van der Waals surface area contributed by atoms with Crippen LogP contribution >= 0.6 is 0 Å². The summed E-state index contributed by atoms with van der Waals surface area (Å²) in [7, 11) is 8.55. The predicted molar refractivity (Wildman–Crippen MR) is 163 cm³/mol. The molecule has 0 aliphatic rings. The van der Waals surface area contributed by atoms with Crippen LogP contribution in [0.4, 0.5) is 11.5 Å². The van der Waals surface area contributed by atoms with Crippen molar-refractivity contribution in [1.82, 2.24) is 14.9 Å². The van der Waals surface area contributed by atoms with Crippen LogP contribution in [0.3, 0.4) is 0 Å². The number of aromatic nitrogens is 2. The van der Waals surface area contributed by atoms with Crippen molar-refractivity contribution in [3.05, 3.63) is 78.1 Å². The van der Waals surface area contributed by atoms with E-state index in [1.807, 2.05) is 62.6 Å². The number of fused-ring (bicyclic) bond motifs is 1. The standard InChI is InChI=1S/C32H36N4O6/c1-36(2)14-9-15-41-29-17-24-26(19-28(29)39-4)33-21-34-32(24)35-25-18-30(42-20-22-10-7-6-8-11-22)27(38-3)16-23(25)12-13-31(37)40-5/h6-8,10-13,16-19,21H,9,14-15,20H2,1-5H3,(H,33,34,35)/b13-12+. The van der Waals surface area contributed by atoms with E-state index in [4.69, 9.17) is 23.7 Å². The Morgan fingerprint density at radius 2 is 1.64 bits per heavy atom. The normalized spacial score (nSPS) is 11.1. The van der Waals surface area contributed by atoms with E-state index in [9.17, 15) is 4.79 Å². The van der Waals surface area contributed by atoms with Gasteiger partial charge in [0.05, 0.1) is 39.1 Å². The highest BCUT2D eigenvalue weighted by molar-refractivity contribution is 5.95. The van der Waals surface area contributed by atoms with E-state index in [1.54, 1.807) is 26.4 Å². The molecule has 0 unspecified atom stereocenters. The van der Waals surface area contributed by atoms with Gasteiger partial charge in [0.1, 0.15) is 18.8 Å². The molecule has 1 heterocycles. The second-order valence-electron chi connectivity index (χ2n) is 9.59. The Bertz CT molecular complexity index is 1520. The largest absolute Gasteiger partial charge is 0.493 e. The zero-order valence-corrected chi connectivity index (χ0v) is 24.5. The maximum atomic E-state index is 11.9. The number of nitrogens with zero attached hydrogens (tertiary/aromatic N) is 3. The molecule has 3 aromatic carbocycles. The summed E-state index contributed by atoms with van der Waals surface area (Å²) in [5.74, 6) is 2.25. The highest BCUT2D eigenvalue weighted by atomic mass is 16.5. The van der Waals surface area contributed by atoms with Crippen molar-refractivity contribution in [2.45, 2.75) is 13.0 Å². The van der Waals surface area contributed by atoms with Crippen molar-refractivity contribution >= 4 is 34.5 Å². The minimum Gasteiger partial charge on any atom is -0.493 e. The van der Waals surface area contributed by atoms with Crippen molar-refractivity contribution < 1.29 is 28.5 Å². The summed E-state index contributed by atoms with van der Waals surface area (Å²) in [6.45, 7) is 1.78. The minimum absolute atomic E-state index is 0.346. The monoisotopic (exact) mass is 572 g/mol. The van der Waals surface area contributed by atoms with Crippen LogP contribution in [0.15, 0.2) is 67.0 Å². The highest BCUT2D eigenvalue weighted by Crippen LogP contribution is 2.39. The van der Waals surface area contributed by atoms with Crippen molar-refractivity contribution in [3.8, 4) is 23.0 Å². The van der Waals surface area contributed by atoms with Gasteiger partial charge in [0.25, 0.3) is 0 Å². The van der Waals surface area contributed by atoms with E-state index in [-0.39, 0.29) is 0 Å². The number of nitrogens with one attached hydrogen (secondary N) is 1. The second-order valence-corrected chi connectivity index (χ2v) is 9.59. The third-order valence-corrected chi connectivity index (χ3v) is 6.35. The Morgan fingerprint density at radius 1 is 0.905 bits per heavy atom. The number of hydrogen-bond acceptors (Lipinski definition) is 10. The van der Waals surface area contributed by atoms with Crippen LogP contribution in [0.5, 0.6) is 23.0 Å². The van der Waals surface area contributed by atoms with Gasteiger partial charge in [0.2, 0.25) is 0 Å². The van der Waals surface area contributed by atoms with E-state index >= 15 is 0 Å². The molecule has 42 heavy (non-hydrogen) atoms. The molecule has 220 valence electrons. The third kappa shape index (κ3) is 7.88. The summed E-state index contributed by atoms with van der Waals surface area (Å²) < 4.78 is 28.2. The summed E-state index contributed by atoms with van der Waals surface area (Å²) in [6.07, 6.45) is 5.32. The molecule has 0 fully saturated rings. The van der Waals surface area contributed by atoms with Gasteiger partial charge in [0.15, 0.2) is 23.0 Å². The molecule has 0 atom stereocenters. The van der Waals surface area contributed by atoms with Crippen LogP contribution in [-0.2, 0) is 16.1 Å². The molecule has 0 aliphatic heterocycles. The van der Waals surface area contributed by atoms with Gasteiger partial charge in [-0.3, -0.25) is 0 Å². The van der Waals surface area contributed by atoms with E-state index in [2.05, 4.69) is 20.2 Å². The second kappa shape index (κ2) is 14.7. The van der Waals surface area contributed by atoms with Crippen LogP contribution in [0, 0.1) is 0 Å². The first-order valence-electron chi connectivity index (χ1n) is 13.4. The van der Waals surface area contributed by atoms with Crippen molar-refractivity contribution in [3.63, 3.8) is 0 Å². The van der Waals surface area contributed by atoms with Gasteiger partial charge in [0, 0.05) is 35.7 Å². The fourth-order valence-corrected chi connectivity index (χ4v) is 4.18. The molecule has 1 N–H and O–H groups in total. The molecule has 0 aliphatic carbocycles. The summed E-state index contributed by atoms with van der Waals surface area (Å²) in [6, 6.07) is 17.1. The first-order valence-corrected chi connectivity index (χ1v) is 13.4. The quantitative estimate of drug-likeness (QED) is 0.119. The molecule has 0 radical (unpaired) electrons. The summed E-state index contributed by atoms with van der Waals surface area (Å²) >= 11 is 0. The fraction of sp³-hybridized carbons (Fsp3) is 0.281. The van der Waals surface area contributed by atoms with Gasteiger partial charge in [-0.1, -0.05) is 30.3 Å². The molecule has 0 amide bonds. The number of esters is 1. The summed E-state index contributed by atoms with van der Waals surface area (Å²) in [5.41, 5.74) is 2.97. The lowest BCUT2D eigenvalue weighted by molar-refractivity contribution is -0.134. The van der Waals surface area contributed by atoms with Crippen LogP contribution in [0.1, 0.15) is 17.5 Å². The Kier molecular flexibility index (Phi) is 10.5. The molecule has 10 heteroatoms. The number of benzene rings is 3. The van der Waals surface area contributed by atoms with Crippen molar-refractivity contribution in [2.24, 2.45) is 0 Å².